The average molecular weight is 351 g/mol. The van der Waals surface area contributed by atoms with Gasteiger partial charge in [0.15, 0.2) is 0 Å². The number of nitrogens with one attached hydrogen (secondary N) is 1. The van der Waals surface area contributed by atoms with Crippen LogP contribution < -0.4 is 0 Å². The van der Waals surface area contributed by atoms with Crippen LogP contribution in [-0.4, -0.2) is 52.8 Å². The standard InChI is InChI=1S/C21H25N3O2/c1-15-17(9-10-22-15)20(25)23-11-4-12-24(14-13-23)21(26)19-8-7-16-5-2-3-6-18(16)19/h2-3,5-6,9-10,19,22H,4,7-8,11-14H2,1H3. The number of hydrogen-bond acceptors (Lipinski definition) is 2. The average Bonchev–Trinajstić information content (AvgIpc) is 3.19. The highest BCUT2D eigenvalue weighted by molar-refractivity contribution is 5.95. The van der Waals surface area contributed by atoms with Crippen molar-refractivity contribution in [2.45, 2.75) is 32.1 Å². The Morgan fingerprint density at radius 2 is 1.81 bits per heavy atom. The largest absolute Gasteiger partial charge is 0.365 e. The molecule has 1 aromatic heterocycles. The van der Waals surface area contributed by atoms with E-state index in [1.807, 2.05) is 34.9 Å². The van der Waals surface area contributed by atoms with E-state index < -0.39 is 0 Å². The van der Waals surface area contributed by atoms with Crippen LogP contribution in [-0.2, 0) is 11.2 Å². The molecule has 4 rings (SSSR count). The fourth-order valence-electron chi connectivity index (χ4n) is 4.23. The molecular weight excluding hydrogens is 326 g/mol. The van der Waals surface area contributed by atoms with Crippen molar-refractivity contribution in [3.05, 3.63) is 58.9 Å². The molecule has 0 saturated carbocycles. The SMILES string of the molecule is Cc1[nH]ccc1C(=O)N1CCCN(C(=O)C2CCc3ccccc32)CC1. The predicted octanol–water partition coefficient (Wildman–Crippen LogP) is 2.73. The van der Waals surface area contributed by atoms with Crippen LogP contribution in [0, 0.1) is 6.92 Å². The number of carbonyl (C=O) groups excluding carboxylic acids is 2. The summed E-state index contributed by atoms with van der Waals surface area (Å²) in [5, 5.41) is 0. The summed E-state index contributed by atoms with van der Waals surface area (Å²) in [5.41, 5.74) is 4.13. The highest BCUT2D eigenvalue weighted by Gasteiger charge is 2.32. The lowest BCUT2D eigenvalue weighted by Gasteiger charge is -2.25. The Morgan fingerprint density at radius 1 is 1.04 bits per heavy atom. The normalized spacial score (nSPS) is 20.0. The van der Waals surface area contributed by atoms with Crippen molar-refractivity contribution in [1.29, 1.82) is 0 Å². The summed E-state index contributed by atoms with van der Waals surface area (Å²) in [6.45, 7) is 4.57. The maximum atomic E-state index is 13.1. The van der Waals surface area contributed by atoms with Crippen LogP contribution in [0.15, 0.2) is 36.5 Å². The number of H-pyrrole nitrogens is 1. The fraction of sp³-hybridized carbons (Fsp3) is 0.429. The lowest BCUT2D eigenvalue weighted by atomic mass is 10.00. The Hall–Kier alpha value is -2.56. The van der Waals surface area contributed by atoms with Crippen molar-refractivity contribution in [3.63, 3.8) is 0 Å². The van der Waals surface area contributed by atoms with Crippen LogP contribution in [0.5, 0.6) is 0 Å². The van der Waals surface area contributed by atoms with Gasteiger partial charge in [-0.3, -0.25) is 9.59 Å². The topological polar surface area (TPSA) is 56.4 Å². The van der Waals surface area contributed by atoms with Gasteiger partial charge in [-0.1, -0.05) is 24.3 Å². The second kappa shape index (κ2) is 6.98. The zero-order valence-electron chi connectivity index (χ0n) is 15.2. The molecular formula is C21H25N3O2. The van der Waals surface area contributed by atoms with Crippen LogP contribution in [0.4, 0.5) is 0 Å². The van der Waals surface area contributed by atoms with E-state index in [0.29, 0.717) is 19.6 Å². The first-order chi connectivity index (χ1) is 12.6. The van der Waals surface area contributed by atoms with Gasteiger partial charge in [0.2, 0.25) is 5.91 Å². The van der Waals surface area contributed by atoms with Crippen molar-refractivity contribution >= 4 is 11.8 Å². The van der Waals surface area contributed by atoms with Gasteiger partial charge in [0, 0.05) is 38.1 Å². The number of aromatic amines is 1. The molecule has 26 heavy (non-hydrogen) atoms. The molecule has 0 bridgehead atoms. The number of benzene rings is 1. The van der Waals surface area contributed by atoms with Gasteiger partial charge in [-0.25, -0.2) is 0 Å². The molecule has 2 aromatic rings. The van der Waals surface area contributed by atoms with Gasteiger partial charge in [0.25, 0.3) is 5.91 Å². The molecule has 5 heteroatoms. The van der Waals surface area contributed by atoms with E-state index >= 15 is 0 Å². The van der Waals surface area contributed by atoms with Crippen LogP contribution >= 0.6 is 0 Å². The van der Waals surface area contributed by atoms with Crippen LogP contribution in [0.1, 0.15) is 45.9 Å². The summed E-state index contributed by atoms with van der Waals surface area (Å²) >= 11 is 0. The highest BCUT2D eigenvalue weighted by atomic mass is 16.2. The van der Waals surface area contributed by atoms with Crippen molar-refractivity contribution < 1.29 is 9.59 Å². The minimum Gasteiger partial charge on any atom is -0.365 e. The third kappa shape index (κ3) is 3.02. The third-order valence-electron chi connectivity index (χ3n) is 5.71. The summed E-state index contributed by atoms with van der Waals surface area (Å²) in [7, 11) is 0. The monoisotopic (exact) mass is 351 g/mol. The number of aromatic nitrogens is 1. The van der Waals surface area contributed by atoms with Crippen LogP contribution in [0.3, 0.4) is 0 Å². The lowest BCUT2D eigenvalue weighted by Crippen LogP contribution is -2.39. The number of aryl methyl sites for hydroxylation is 2. The molecule has 1 atom stereocenters. The second-order valence-electron chi connectivity index (χ2n) is 7.28. The number of hydrogen-bond donors (Lipinski definition) is 1. The molecule has 1 aliphatic carbocycles. The minimum atomic E-state index is -0.0135. The Bertz CT molecular complexity index is 826. The van der Waals surface area contributed by atoms with Crippen molar-refractivity contribution in [2.24, 2.45) is 0 Å². The molecule has 1 saturated heterocycles. The summed E-state index contributed by atoms with van der Waals surface area (Å²) in [6, 6.07) is 10.1. The Morgan fingerprint density at radius 3 is 2.62 bits per heavy atom. The van der Waals surface area contributed by atoms with Gasteiger partial charge in [-0.05, 0) is 43.4 Å². The highest BCUT2D eigenvalue weighted by Crippen LogP contribution is 2.34. The second-order valence-corrected chi connectivity index (χ2v) is 7.28. The number of amides is 2. The fourth-order valence-corrected chi connectivity index (χ4v) is 4.23. The van der Waals surface area contributed by atoms with E-state index in [-0.39, 0.29) is 17.7 Å². The molecule has 1 fully saturated rings. The molecule has 0 spiro atoms. The number of nitrogens with zero attached hydrogens (tertiary/aromatic N) is 2. The Balaban J connectivity index is 1.43. The first kappa shape index (κ1) is 16.9. The van der Waals surface area contributed by atoms with Crippen molar-refractivity contribution in [3.8, 4) is 0 Å². The Labute approximate surface area is 154 Å². The molecule has 2 heterocycles. The minimum absolute atomic E-state index is 0.0135. The number of fused-ring (bicyclic) bond motifs is 1. The van der Waals surface area contributed by atoms with E-state index in [1.165, 1.54) is 11.1 Å². The van der Waals surface area contributed by atoms with E-state index in [4.69, 9.17) is 0 Å². The molecule has 1 unspecified atom stereocenters. The van der Waals surface area contributed by atoms with E-state index in [1.54, 1.807) is 6.20 Å². The van der Waals surface area contributed by atoms with Crippen LogP contribution in [0.2, 0.25) is 0 Å². The van der Waals surface area contributed by atoms with Gasteiger partial charge in [0.05, 0.1) is 11.5 Å². The summed E-state index contributed by atoms with van der Waals surface area (Å²) < 4.78 is 0. The molecule has 1 aliphatic heterocycles. The van der Waals surface area contributed by atoms with Crippen molar-refractivity contribution in [2.75, 3.05) is 26.2 Å². The Kier molecular flexibility index (Phi) is 4.53. The zero-order valence-corrected chi connectivity index (χ0v) is 15.2. The maximum absolute atomic E-state index is 13.1. The van der Waals surface area contributed by atoms with E-state index in [9.17, 15) is 9.59 Å². The van der Waals surface area contributed by atoms with Gasteiger partial charge in [0.1, 0.15) is 0 Å². The quantitative estimate of drug-likeness (QED) is 0.904. The summed E-state index contributed by atoms with van der Waals surface area (Å²) in [4.78, 5) is 32.7. The summed E-state index contributed by atoms with van der Waals surface area (Å²) in [5.74, 6) is 0.270. The predicted molar refractivity (Wildman–Crippen MR) is 100 cm³/mol. The molecule has 0 radical (unpaired) electrons. The molecule has 5 nitrogen and oxygen atoms in total. The van der Waals surface area contributed by atoms with Gasteiger partial charge in [-0.15, -0.1) is 0 Å². The zero-order chi connectivity index (χ0) is 18.1. The van der Waals surface area contributed by atoms with E-state index in [0.717, 1.165) is 37.1 Å². The number of rotatable bonds is 2. The van der Waals surface area contributed by atoms with E-state index in [2.05, 4.69) is 17.1 Å². The molecule has 1 aromatic carbocycles. The third-order valence-corrected chi connectivity index (χ3v) is 5.71. The lowest BCUT2D eigenvalue weighted by molar-refractivity contribution is -0.132. The molecule has 1 N–H and O–H groups in total. The molecule has 2 aliphatic rings. The molecule has 2 amide bonds. The first-order valence-electron chi connectivity index (χ1n) is 9.45. The van der Waals surface area contributed by atoms with Crippen LogP contribution in [0.25, 0.3) is 0 Å². The van der Waals surface area contributed by atoms with Crippen molar-refractivity contribution in [1.82, 2.24) is 14.8 Å². The van der Waals surface area contributed by atoms with Gasteiger partial charge < -0.3 is 14.8 Å². The van der Waals surface area contributed by atoms with Gasteiger partial charge >= 0.3 is 0 Å². The summed E-state index contributed by atoms with van der Waals surface area (Å²) in [6.07, 6.45) is 4.51. The molecule has 136 valence electrons. The smallest absolute Gasteiger partial charge is 0.255 e. The maximum Gasteiger partial charge on any atom is 0.255 e. The first-order valence-corrected chi connectivity index (χ1v) is 9.45. The van der Waals surface area contributed by atoms with Gasteiger partial charge in [-0.2, -0.15) is 0 Å². The number of carbonyl (C=O) groups is 2.